The van der Waals surface area contributed by atoms with Gasteiger partial charge in [-0.25, -0.2) is 4.21 Å². The molecule has 0 spiro atoms. The van der Waals surface area contributed by atoms with Gasteiger partial charge in [-0.3, -0.25) is 4.98 Å². The third-order valence-electron chi connectivity index (χ3n) is 0.988. The Bertz CT molecular complexity index is 281. The van der Waals surface area contributed by atoms with Gasteiger partial charge in [0.1, 0.15) is 0 Å². The molecule has 0 atom stereocenters. The van der Waals surface area contributed by atoms with Crippen molar-refractivity contribution in [2.45, 2.75) is 5.88 Å². The average molecular weight is 317 g/mol. The van der Waals surface area contributed by atoms with Crippen molar-refractivity contribution >= 4 is 66.2 Å². The molecule has 0 aliphatic rings. The molecule has 1 aromatic rings. The van der Waals surface area contributed by atoms with Gasteiger partial charge in [0.2, 0.25) is 9.23 Å². The summed E-state index contributed by atoms with van der Waals surface area (Å²) in [6.45, 7) is 0. The lowest BCUT2D eigenvalue weighted by molar-refractivity contribution is 0.698. The highest BCUT2D eigenvalue weighted by atomic mass is 36.0. The summed E-state index contributed by atoms with van der Waals surface area (Å²) in [7, 11) is 7.36. The molecule has 14 heavy (non-hydrogen) atoms. The Morgan fingerprint density at radius 3 is 2.21 bits per heavy atom. The normalized spacial score (nSPS) is 8.64. The van der Waals surface area contributed by atoms with Crippen LogP contribution in [0.3, 0.4) is 0 Å². The van der Waals surface area contributed by atoms with Crippen molar-refractivity contribution in [2.24, 2.45) is 0 Å². The van der Waals surface area contributed by atoms with Gasteiger partial charge in [0.15, 0.2) is 0 Å². The average Bonchev–Trinajstić information content (AvgIpc) is 2.04. The first-order valence-electron chi connectivity index (χ1n) is 2.96. The van der Waals surface area contributed by atoms with Crippen LogP contribution in [0, 0.1) is 0 Å². The van der Waals surface area contributed by atoms with Crippen molar-refractivity contribution in [1.29, 1.82) is 0 Å². The maximum absolute atomic E-state index is 9.09. The predicted molar refractivity (Wildman–Crippen MR) is 65.9 cm³/mol. The zero-order valence-corrected chi connectivity index (χ0v) is 11.3. The van der Waals surface area contributed by atoms with E-state index in [9.17, 15) is 0 Å². The molecule has 0 fully saturated rings. The molecular formula is C6H6Cl5NOS. The highest BCUT2D eigenvalue weighted by Crippen LogP contribution is 2.14. The molecule has 0 unspecified atom stereocenters. The van der Waals surface area contributed by atoms with Gasteiger partial charge in [0.25, 0.3) is 0 Å². The Morgan fingerprint density at radius 1 is 1.43 bits per heavy atom. The molecule has 8 heteroatoms. The van der Waals surface area contributed by atoms with E-state index in [1.54, 1.807) is 18.5 Å². The number of hydrogen-bond acceptors (Lipinski definition) is 2. The third-order valence-corrected chi connectivity index (χ3v) is 1.64. The highest BCUT2D eigenvalue weighted by Gasteiger charge is 1.94. The van der Waals surface area contributed by atoms with Crippen molar-refractivity contribution < 1.29 is 4.21 Å². The third kappa shape index (κ3) is 9.31. The second-order valence-corrected chi connectivity index (χ2v) is 4.98. The zero-order valence-electron chi connectivity index (χ0n) is 6.62. The van der Waals surface area contributed by atoms with Crippen LogP contribution in [0.1, 0.15) is 5.56 Å². The number of rotatable bonds is 1. The zero-order chi connectivity index (χ0) is 10.3. The molecule has 0 N–H and O–H groups in total. The monoisotopic (exact) mass is 315 g/mol. The second kappa shape index (κ2) is 10.3. The van der Waals surface area contributed by atoms with Gasteiger partial charge in [-0.05, 0) is 6.07 Å². The molecule has 1 heterocycles. The summed E-state index contributed by atoms with van der Waals surface area (Å²) in [5.74, 6) is 0.423. The van der Waals surface area contributed by atoms with Gasteiger partial charge in [-0.15, -0.1) is 24.0 Å². The molecule has 0 radical (unpaired) electrons. The lowest BCUT2D eigenvalue weighted by Crippen LogP contribution is -1.79. The summed E-state index contributed by atoms with van der Waals surface area (Å²) in [5.41, 5.74) is 0.876. The molecule has 0 bridgehead atoms. The molecule has 1 aromatic heterocycles. The summed E-state index contributed by atoms with van der Waals surface area (Å²) in [4.78, 5) is 3.85. The number of nitrogens with zero attached hydrogens (tertiary/aromatic N) is 1. The molecule has 2 nitrogen and oxygen atoms in total. The van der Waals surface area contributed by atoms with Crippen molar-refractivity contribution in [3.8, 4) is 0 Å². The number of halogens is 5. The van der Waals surface area contributed by atoms with Gasteiger partial charge < -0.3 is 0 Å². The van der Waals surface area contributed by atoms with E-state index in [1.165, 1.54) is 0 Å². The first-order chi connectivity index (χ1) is 6.07. The predicted octanol–water partition coefficient (Wildman–Crippen LogP) is 3.94. The quantitative estimate of drug-likeness (QED) is 0.580. The summed E-state index contributed by atoms with van der Waals surface area (Å²) in [6, 6.07) is 1.72. The van der Waals surface area contributed by atoms with Gasteiger partial charge in [0.05, 0.1) is 5.88 Å². The van der Waals surface area contributed by atoms with E-state index in [2.05, 4.69) is 26.3 Å². The molecule has 0 aliphatic heterocycles. The topological polar surface area (TPSA) is 30.0 Å². The molecule has 82 valence electrons. The first-order valence-corrected chi connectivity index (χ1v) is 6.68. The van der Waals surface area contributed by atoms with Crippen molar-refractivity contribution in [2.75, 3.05) is 0 Å². The fourth-order valence-electron chi connectivity index (χ4n) is 0.509. The molecule has 0 aromatic carbocycles. The Kier molecular flexibility index (Phi) is 12.6. The molecule has 0 saturated carbocycles. The van der Waals surface area contributed by atoms with Gasteiger partial charge in [-0.1, -0.05) is 11.6 Å². The van der Waals surface area contributed by atoms with Crippen molar-refractivity contribution in [3.05, 3.63) is 29.0 Å². The van der Waals surface area contributed by atoms with Gasteiger partial charge in [-0.2, -0.15) is 0 Å². The number of pyridine rings is 1. The van der Waals surface area contributed by atoms with E-state index < -0.39 is 9.23 Å². The highest BCUT2D eigenvalue weighted by molar-refractivity contribution is 8.26. The van der Waals surface area contributed by atoms with Crippen LogP contribution in [0.4, 0.5) is 0 Å². The van der Waals surface area contributed by atoms with Crippen LogP contribution in [-0.2, 0) is 15.1 Å². The van der Waals surface area contributed by atoms with Crippen LogP contribution in [-0.4, -0.2) is 9.19 Å². The van der Waals surface area contributed by atoms with E-state index in [-0.39, 0.29) is 12.4 Å². The fraction of sp³-hybridized carbons (Fsp3) is 0.167. The smallest absolute Gasteiger partial charge is 0.211 e. The first kappa shape index (κ1) is 17.2. The Labute approximate surface area is 110 Å². The molecule has 0 saturated heterocycles. The van der Waals surface area contributed by atoms with E-state index in [1.807, 2.05) is 0 Å². The van der Waals surface area contributed by atoms with E-state index in [0.29, 0.717) is 10.9 Å². The molecule has 1 rings (SSSR count). The Balaban J connectivity index is 0. The van der Waals surface area contributed by atoms with Crippen LogP contribution in [0.2, 0.25) is 5.02 Å². The Morgan fingerprint density at radius 2 is 1.93 bits per heavy atom. The standard InChI is InChI=1S/C6H5Cl2N.Cl2OS.ClH/c7-3-5-4-9-2-1-6(5)8;1-4(2)3;/h1-2,4H,3H2;;1H. The lowest BCUT2D eigenvalue weighted by Gasteiger charge is -1.94. The maximum Gasteiger partial charge on any atom is 0.211 e. The van der Waals surface area contributed by atoms with E-state index in [0.717, 1.165) is 5.56 Å². The summed E-state index contributed by atoms with van der Waals surface area (Å²) in [6.07, 6.45) is 3.30. The summed E-state index contributed by atoms with van der Waals surface area (Å²) >= 11 is 11.2. The van der Waals surface area contributed by atoms with Crippen LogP contribution < -0.4 is 0 Å². The van der Waals surface area contributed by atoms with E-state index in [4.69, 9.17) is 27.4 Å². The summed E-state index contributed by atoms with van der Waals surface area (Å²) in [5, 5.41) is 0.681. The van der Waals surface area contributed by atoms with Crippen LogP contribution in [0.15, 0.2) is 18.5 Å². The largest absolute Gasteiger partial charge is 0.264 e. The SMILES string of the molecule is Cl.ClCc1cnccc1Cl.O=S(Cl)Cl. The minimum atomic E-state index is -1.67. The maximum atomic E-state index is 9.09. The van der Waals surface area contributed by atoms with Crippen LogP contribution >= 0.6 is 57.0 Å². The van der Waals surface area contributed by atoms with Gasteiger partial charge in [0, 0.05) is 44.3 Å². The lowest BCUT2D eigenvalue weighted by atomic mass is 10.3. The minimum Gasteiger partial charge on any atom is -0.264 e. The van der Waals surface area contributed by atoms with Crippen molar-refractivity contribution in [1.82, 2.24) is 4.98 Å². The fourth-order valence-corrected chi connectivity index (χ4v) is 0.962. The summed E-state index contributed by atoms with van der Waals surface area (Å²) < 4.78 is 9.09. The van der Waals surface area contributed by atoms with Crippen LogP contribution in [0.5, 0.6) is 0 Å². The molecule has 0 aliphatic carbocycles. The molecular weight excluding hydrogens is 311 g/mol. The molecule has 0 amide bonds. The number of hydrogen-bond donors (Lipinski definition) is 0. The van der Waals surface area contributed by atoms with Crippen molar-refractivity contribution in [3.63, 3.8) is 0 Å². The number of aromatic nitrogens is 1. The second-order valence-electron chi connectivity index (χ2n) is 1.79. The minimum absolute atomic E-state index is 0. The van der Waals surface area contributed by atoms with E-state index >= 15 is 0 Å². The van der Waals surface area contributed by atoms with Gasteiger partial charge >= 0.3 is 0 Å². The van der Waals surface area contributed by atoms with Crippen LogP contribution in [0.25, 0.3) is 0 Å². The number of alkyl halides is 1. The Hall–Kier alpha value is 0.750.